The summed E-state index contributed by atoms with van der Waals surface area (Å²) in [5.41, 5.74) is 4.12. The molecular formula is C22H19ClFN3O2. The molecule has 5 nitrogen and oxygen atoms in total. The Bertz CT molecular complexity index is 1120. The zero-order valence-electron chi connectivity index (χ0n) is 16.2. The molecule has 29 heavy (non-hydrogen) atoms. The lowest BCUT2D eigenvalue weighted by molar-refractivity contribution is 0.0983. The minimum absolute atomic E-state index is 0.173. The van der Waals surface area contributed by atoms with E-state index in [4.69, 9.17) is 16.3 Å². The van der Waals surface area contributed by atoms with Gasteiger partial charge in [-0.1, -0.05) is 11.6 Å². The van der Waals surface area contributed by atoms with Crippen LogP contribution in [0.3, 0.4) is 0 Å². The van der Waals surface area contributed by atoms with Crippen LogP contribution in [0.5, 0.6) is 5.88 Å². The van der Waals surface area contributed by atoms with E-state index in [1.165, 1.54) is 12.1 Å². The molecule has 4 rings (SSSR count). The number of pyridine rings is 1. The molecule has 1 amide bonds. The van der Waals surface area contributed by atoms with Crippen molar-refractivity contribution >= 4 is 34.6 Å². The molecule has 0 atom stereocenters. The van der Waals surface area contributed by atoms with E-state index in [1.54, 1.807) is 36.3 Å². The minimum Gasteiger partial charge on any atom is -0.481 e. The average Bonchev–Trinajstić information content (AvgIpc) is 2.69. The molecule has 0 fully saturated rings. The highest BCUT2D eigenvalue weighted by molar-refractivity contribution is 6.31. The first-order valence-electron chi connectivity index (χ1n) is 9.06. The van der Waals surface area contributed by atoms with Crippen molar-refractivity contribution in [3.05, 3.63) is 76.2 Å². The number of methoxy groups -OCH3 is 1. The molecule has 7 heteroatoms. The highest BCUT2D eigenvalue weighted by atomic mass is 35.5. The molecule has 2 heterocycles. The quantitative estimate of drug-likeness (QED) is 0.590. The number of anilines is 3. The molecule has 0 unspecified atom stereocenters. The second-order valence-electron chi connectivity index (χ2n) is 6.85. The summed E-state index contributed by atoms with van der Waals surface area (Å²) in [5, 5.41) is 0.472. The molecular weight excluding hydrogens is 393 g/mol. The zero-order chi connectivity index (χ0) is 20.7. The maximum absolute atomic E-state index is 13.7. The van der Waals surface area contributed by atoms with Crippen LogP contribution in [0.25, 0.3) is 0 Å². The molecule has 0 saturated heterocycles. The summed E-state index contributed by atoms with van der Waals surface area (Å²) >= 11 is 6.18. The van der Waals surface area contributed by atoms with Crippen LogP contribution in [0, 0.1) is 19.7 Å². The van der Waals surface area contributed by atoms with Crippen molar-refractivity contribution in [3.63, 3.8) is 0 Å². The Morgan fingerprint density at radius 2 is 1.72 bits per heavy atom. The first-order chi connectivity index (χ1) is 13.9. The predicted molar refractivity (Wildman–Crippen MR) is 112 cm³/mol. The van der Waals surface area contributed by atoms with Gasteiger partial charge in [-0.3, -0.25) is 9.69 Å². The predicted octanol–water partition coefficient (Wildman–Crippen LogP) is 5.26. The standard InChI is InChI=1S/C22H19ClFN3O2/c1-13-10-16(24)5-7-18(13)26-12-27(19-8-9-21(29-3)25-14(19)2)22(28)17-11-15(23)4-6-20(17)26/h4-11H,12H2,1-3H3. The molecule has 1 aromatic heterocycles. The number of halogens is 2. The Kier molecular flexibility index (Phi) is 4.88. The summed E-state index contributed by atoms with van der Waals surface area (Å²) in [6, 6.07) is 13.4. The number of nitrogens with zero attached hydrogens (tertiary/aromatic N) is 3. The van der Waals surface area contributed by atoms with Gasteiger partial charge in [-0.05, 0) is 61.9 Å². The lowest BCUT2D eigenvalue weighted by atomic mass is 10.0. The van der Waals surface area contributed by atoms with Crippen molar-refractivity contribution in [3.8, 4) is 5.88 Å². The van der Waals surface area contributed by atoms with Gasteiger partial charge in [-0.25, -0.2) is 9.37 Å². The second-order valence-corrected chi connectivity index (χ2v) is 7.29. The van der Waals surface area contributed by atoms with Crippen LogP contribution in [-0.2, 0) is 0 Å². The summed E-state index contributed by atoms with van der Waals surface area (Å²) in [4.78, 5) is 21.3. The summed E-state index contributed by atoms with van der Waals surface area (Å²) in [6.07, 6.45) is 0. The number of rotatable bonds is 3. The fraction of sp³-hybridized carbons (Fsp3) is 0.182. The van der Waals surface area contributed by atoms with Crippen molar-refractivity contribution in [2.75, 3.05) is 23.6 Å². The van der Waals surface area contributed by atoms with Crippen molar-refractivity contribution in [2.24, 2.45) is 0 Å². The van der Waals surface area contributed by atoms with E-state index in [0.717, 1.165) is 16.9 Å². The van der Waals surface area contributed by atoms with Gasteiger partial charge in [0.1, 0.15) is 12.5 Å². The third-order valence-electron chi connectivity index (χ3n) is 4.99. The van der Waals surface area contributed by atoms with Gasteiger partial charge >= 0.3 is 0 Å². The molecule has 0 radical (unpaired) electrons. The number of aryl methyl sites for hydroxylation is 2. The van der Waals surface area contributed by atoms with E-state index in [0.29, 0.717) is 27.8 Å². The van der Waals surface area contributed by atoms with Gasteiger partial charge in [-0.15, -0.1) is 0 Å². The number of hydrogen-bond acceptors (Lipinski definition) is 4. The molecule has 0 bridgehead atoms. The molecule has 0 N–H and O–H groups in total. The molecule has 1 aliphatic heterocycles. The SMILES string of the molecule is COc1ccc(N2CN(c3ccc(F)cc3C)c3ccc(Cl)cc3C2=O)c(C)n1. The maximum Gasteiger partial charge on any atom is 0.261 e. The van der Waals surface area contributed by atoms with Gasteiger partial charge in [0.2, 0.25) is 5.88 Å². The van der Waals surface area contributed by atoms with E-state index in [9.17, 15) is 9.18 Å². The molecule has 0 saturated carbocycles. The van der Waals surface area contributed by atoms with Crippen LogP contribution in [0.15, 0.2) is 48.5 Å². The van der Waals surface area contributed by atoms with Gasteiger partial charge in [0.15, 0.2) is 0 Å². The molecule has 0 spiro atoms. The molecule has 3 aromatic rings. The average molecular weight is 412 g/mol. The molecule has 2 aromatic carbocycles. The number of ether oxygens (including phenoxy) is 1. The third kappa shape index (κ3) is 3.40. The van der Waals surface area contributed by atoms with Crippen molar-refractivity contribution < 1.29 is 13.9 Å². The Hall–Kier alpha value is -3.12. The number of carbonyl (C=O) groups excluding carboxylic acids is 1. The number of amides is 1. The monoisotopic (exact) mass is 411 g/mol. The van der Waals surface area contributed by atoms with Crippen molar-refractivity contribution in [2.45, 2.75) is 13.8 Å². The van der Waals surface area contributed by atoms with Crippen molar-refractivity contribution in [1.29, 1.82) is 0 Å². The fourth-order valence-corrected chi connectivity index (χ4v) is 3.76. The number of benzene rings is 2. The lowest BCUT2D eigenvalue weighted by Crippen LogP contribution is -2.45. The van der Waals surface area contributed by atoms with Gasteiger partial charge in [-0.2, -0.15) is 0 Å². The number of aromatic nitrogens is 1. The lowest BCUT2D eigenvalue weighted by Gasteiger charge is -2.39. The van der Waals surface area contributed by atoms with E-state index in [2.05, 4.69) is 4.98 Å². The summed E-state index contributed by atoms with van der Waals surface area (Å²) in [6.45, 7) is 3.93. The first-order valence-corrected chi connectivity index (χ1v) is 9.43. The summed E-state index contributed by atoms with van der Waals surface area (Å²) in [7, 11) is 1.55. The smallest absolute Gasteiger partial charge is 0.261 e. The van der Waals surface area contributed by atoms with E-state index >= 15 is 0 Å². The van der Waals surface area contributed by atoms with Gasteiger partial charge in [0.05, 0.1) is 29.7 Å². The third-order valence-corrected chi connectivity index (χ3v) is 5.22. The van der Waals surface area contributed by atoms with Gasteiger partial charge < -0.3 is 9.64 Å². The Balaban J connectivity index is 1.87. The molecule has 1 aliphatic rings. The number of carbonyl (C=O) groups is 1. The Morgan fingerprint density at radius 1 is 1.00 bits per heavy atom. The van der Waals surface area contributed by atoms with E-state index < -0.39 is 0 Å². The van der Waals surface area contributed by atoms with Crippen LogP contribution in [-0.4, -0.2) is 24.7 Å². The van der Waals surface area contributed by atoms with Crippen molar-refractivity contribution in [1.82, 2.24) is 4.98 Å². The first kappa shape index (κ1) is 19.2. The van der Waals surface area contributed by atoms with E-state index in [-0.39, 0.29) is 18.4 Å². The largest absolute Gasteiger partial charge is 0.481 e. The number of hydrogen-bond donors (Lipinski definition) is 0. The van der Waals surface area contributed by atoms with Crippen LogP contribution in [0.1, 0.15) is 21.6 Å². The summed E-state index contributed by atoms with van der Waals surface area (Å²) in [5.74, 6) is 0.00156. The maximum atomic E-state index is 13.7. The van der Waals surface area contributed by atoms with Gasteiger partial charge in [0, 0.05) is 16.8 Å². The second kappa shape index (κ2) is 7.37. The topological polar surface area (TPSA) is 45.7 Å². The normalized spacial score (nSPS) is 13.5. The fourth-order valence-electron chi connectivity index (χ4n) is 3.59. The van der Waals surface area contributed by atoms with Gasteiger partial charge in [0.25, 0.3) is 5.91 Å². The zero-order valence-corrected chi connectivity index (χ0v) is 17.0. The van der Waals surface area contributed by atoms with E-state index in [1.807, 2.05) is 30.9 Å². The highest BCUT2D eigenvalue weighted by Gasteiger charge is 2.33. The van der Waals surface area contributed by atoms with Crippen LogP contribution < -0.4 is 14.5 Å². The molecule has 148 valence electrons. The Labute approximate surface area is 173 Å². The molecule has 0 aliphatic carbocycles. The van der Waals surface area contributed by atoms with Crippen LogP contribution in [0.4, 0.5) is 21.5 Å². The minimum atomic E-state index is -0.303. The van der Waals surface area contributed by atoms with Crippen LogP contribution >= 0.6 is 11.6 Å². The summed E-state index contributed by atoms with van der Waals surface area (Å²) < 4.78 is 18.8. The van der Waals surface area contributed by atoms with Crippen LogP contribution in [0.2, 0.25) is 5.02 Å². The number of fused-ring (bicyclic) bond motifs is 1. The Morgan fingerprint density at radius 3 is 2.41 bits per heavy atom. The highest BCUT2D eigenvalue weighted by Crippen LogP contribution is 2.39.